The highest BCUT2D eigenvalue weighted by molar-refractivity contribution is 7.89. The van der Waals surface area contributed by atoms with E-state index < -0.39 is 21.5 Å². The van der Waals surface area contributed by atoms with Crippen LogP contribution in [0.1, 0.15) is 28.1 Å². The highest BCUT2D eigenvalue weighted by Crippen LogP contribution is 2.43. The van der Waals surface area contributed by atoms with Gasteiger partial charge in [0.05, 0.1) is 16.0 Å². The average Bonchev–Trinajstić information content (AvgIpc) is 3.02. The number of nitrogens with zero attached hydrogens (tertiary/aromatic N) is 3. The molecule has 0 radical (unpaired) electrons. The minimum atomic E-state index is -3.36. The van der Waals surface area contributed by atoms with Crippen LogP contribution in [-0.4, -0.2) is 80.4 Å². The molecule has 2 aliphatic rings. The summed E-state index contributed by atoms with van der Waals surface area (Å²) < 4.78 is 26.0. The molecule has 0 aromatic carbocycles. The van der Waals surface area contributed by atoms with Gasteiger partial charge in [-0.25, -0.2) is 12.7 Å². The molecule has 2 atom stereocenters. The summed E-state index contributed by atoms with van der Waals surface area (Å²) in [6.07, 6.45) is 0.708. The highest BCUT2D eigenvalue weighted by Gasteiger charge is 2.57. The number of aryl methyl sites for hydroxylation is 1. The van der Waals surface area contributed by atoms with Crippen molar-refractivity contribution in [3.63, 3.8) is 0 Å². The molecule has 1 aromatic heterocycles. The molecule has 0 aliphatic carbocycles. The molecular formula is C17H25N3O4S2. The maximum atomic E-state index is 13.1. The fourth-order valence-corrected chi connectivity index (χ4v) is 6.67. The second-order valence-electron chi connectivity index (χ2n) is 7.40. The van der Waals surface area contributed by atoms with Gasteiger partial charge in [-0.15, -0.1) is 11.3 Å². The standard InChI is InChI=1S/C17H25N3O4S2/c1-12-6-9-25-14(12)15(21)20-8-5-13-17(11-20,16(22)18(2)3)7-10-26(23,24)19(13)4/h6,9,13H,5,7-8,10-11H2,1-4H3/t13-,17+/m1/s1. The average molecular weight is 400 g/mol. The van der Waals surface area contributed by atoms with Crippen LogP contribution in [0, 0.1) is 12.3 Å². The van der Waals surface area contributed by atoms with Crippen molar-refractivity contribution in [2.24, 2.45) is 5.41 Å². The van der Waals surface area contributed by atoms with E-state index in [1.54, 1.807) is 26.0 Å². The summed E-state index contributed by atoms with van der Waals surface area (Å²) in [5, 5.41) is 1.89. The lowest BCUT2D eigenvalue weighted by Gasteiger charge is -2.53. The van der Waals surface area contributed by atoms with Crippen LogP contribution < -0.4 is 0 Å². The molecule has 2 fully saturated rings. The van der Waals surface area contributed by atoms with Crippen LogP contribution in [0.3, 0.4) is 0 Å². The van der Waals surface area contributed by atoms with Gasteiger partial charge in [0.25, 0.3) is 5.91 Å². The summed E-state index contributed by atoms with van der Waals surface area (Å²) in [4.78, 5) is 30.0. The summed E-state index contributed by atoms with van der Waals surface area (Å²) >= 11 is 1.40. The number of carbonyl (C=O) groups is 2. The molecule has 1 aromatic rings. The van der Waals surface area contributed by atoms with Crippen molar-refractivity contribution in [1.82, 2.24) is 14.1 Å². The Bertz CT molecular complexity index is 833. The van der Waals surface area contributed by atoms with Gasteiger partial charge in [-0.05, 0) is 36.8 Å². The number of sulfonamides is 1. The van der Waals surface area contributed by atoms with E-state index in [0.29, 0.717) is 17.8 Å². The van der Waals surface area contributed by atoms with Crippen molar-refractivity contribution in [1.29, 1.82) is 0 Å². The van der Waals surface area contributed by atoms with E-state index >= 15 is 0 Å². The SMILES string of the molecule is Cc1ccsc1C(=O)N1CC[C@H]2N(C)S(=O)(=O)CC[C@]2(C(=O)N(C)C)C1. The second kappa shape index (κ2) is 6.61. The summed E-state index contributed by atoms with van der Waals surface area (Å²) in [5.74, 6) is -0.248. The summed E-state index contributed by atoms with van der Waals surface area (Å²) in [7, 11) is 1.56. The molecule has 26 heavy (non-hydrogen) atoms. The van der Waals surface area contributed by atoms with Crippen LogP contribution in [0.25, 0.3) is 0 Å². The van der Waals surface area contributed by atoms with E-state index in [2.05, 4.69) is 0 Å². The second-order valence-corrected chi connectivity index (χ2v) is 10.5. The van der Waals surface area contributed by atoms with Crippen molar-refractivity contribution in [3.8, 4) is 0 Å². The Balaban J connectivity index is 1.97. The van der Waals surface area contributed by atoms with Crippen molar-refractivity contribution in [2.75, 3.05) is 40.0 Å². The van der Waals surface area contributed by atoms with Crippen LogP contribution in [0.15, 0.2) is 11.4 Å². The minimum Gasteiger partial charge on any atom is -0.348 e. The first kappa shape index (κ1) is 19.3. The Morgan fingerprint density at radius 1 is 1.35 bits per heavy atom. The van der Waals surface area contributed by atoms with Gasteiger partial charge in [0.15, 0.2) is 0 Å². The van der Waals surface area contributed by atoms with Gasteiger partial charge in [-0.3, -0.25) is 9.59 Å². The van der Waals surface area contributed by atoms with Gasteiger partial charge in [0.1, 0.15) is 0 Å². The molecule has 0 spiro atoms. The first-order valence-electron chi connectivity index (χ1n) is 8.61. The maximum Gasteiger partial charge on any atom is 0.264 e. The van der Waals surface area contributed by atoms with Gasteiger partial charge in [-0.2, -0.15) is 0 Å². The summed E-state index contributed by atoms with van der Waals surface area (Å²) in [6.45, 7) is 2.60. The van der Waals surface area contributed by atoms with E-state index in [1.807, 2.05) is 18.4 Å². The number of amides is 2. The fraction of sp³-hybridized carbons (Fsp3) is 0.647. The van der Waals surface area contributed by atoms with Crippen molar-refractivity contribution in [3.05, 3.63) is 21.9 Å². The molecule has 7 nitrogen and oxygen atoms in total. The predicted molar refractivity (Wildman–Crippen MR) is 101 cm³/mol. The van der Waals surface area contributed by atoms with Crippen molar-refractivity contribution >= 4 is 33.2 Å². The molecule has 2 saturated heterocycles. The Morgan fingerprint density at radius 3 is 2.62 bits per heavy atom. The number of fused-ring (bicyclic) bond motifs is 1. The quantitative estimate of drug-likeness (QED) is 0.744. The predicted octanol–water partition coefficient (Wildman–Crippen LogP) is 1.01. The van der Waals surface area contributed by atoms with Crippen molar-refractivity contribution < 1.29 is 18.0 Å². The largest absolute Gasteiger partial charge is 0.348 e. The van der Waals surface area contributed by atoms with Crippen LogP contribution in [0.4, 0.5) is 0 Å². The number of thiophene rings is 1. The van der Waals surface area contributed by atoms with Crippen LogP contribution >= 0.6 is 11.3 Å². The third-order valence-electron chi connectivity index (χ3n) is 5.64. The first-order chi connectivity index (χ1) is 12.1. The number of piperidine rings is 1. The maximum absolute atomic E-state index is 13.1. The molecule has 2 aliphatic heterocycles. The van der Waals surface area contributed by atoms with Gasteiger partial charge >= 0.3 is 0 Å². The topological polar surface area (TPSA) is 78.0 Å². The number of hydrogen-bond donors (Lipinski definition) is 0. The molecule has 2 amide bonds. The Morgan fingerprint density at radius 2 is 2.04 bits per heavy atom. The lowest BCUT2D eigenvalue weighted by molar-refractivity contribution is -0.147. The summed E-state index contributed by atoms with van der Waals surface area (Å²) in [5.41, 5.74) is 0.0429. The molecule has 0 unspecified atom stereocenters. The van der Waals surface area contributed by atoms with E-state index in [0.717, 1.165) is 5.56 Å². The smallest absolute Gasteiger partial charge is 0.264 e. The van der Waals surface area contributed by atoms with Gasteiger partial charge < -0.3 is 9.80 Å². The van der Waals surface area contributed by atoms with Crippen LogP contribution in [-0.2, 0) is 14.8 Å². The number of hydrogen-bond acceptors (Lipinski definition) is 5. The van der Waals surface area contributed by atoms with Gasteiger partial charge in [0.2, 0.25) is 15.9 Å². The molecule has 3 heterocycles. The highest BCUT2D eigenvalue weighted by atomic mass is 32.2. The van der Waals surface area contributed by atoms with E-state index in [4.69, 9.17) is 0 Å². The normalized spacial score (nSPS) is 28.5. The summed E-state index contributed by atoms with van der Waals surface area (Å²) in [6, 6.07) is 1.50. The van der Waals surface area contributed by atoms with E-state index in [-0.39, 0.29) is 30.5 Å². The van der Waals surface area contributed by atoms with Gasteiger partial charge in [-0.1, -0.05) is 0 Å². The lowest BCUT2D eigenvalue weighted by Crippen LogP contribution is -2.67. The lowest BCUT2D eigenvalue weighted by atomic mass is 9.72. The Hall–Kier alpha value is -1.45. The zero-order valence-electron chi connectivity index (χ0n) is 15.6. The number of carbonyl (C=O) groups excluding carboxylic acids is 2. The van der Waals surface area contributed by atoms with Crippen LogP contribution in [0.5, 0.6) is 0 Å². The first-order valence-corrected chi connectivity index (χ1v) is 11.1. The van der Waals surface area contributed by atoms with E-state index in [1.165, 1.54) is 20.5 Å². The molecule has 0 saturated carbocycles. The molecule has 0 N–H and O–H groups in total. The zero-order valence-corrected chi connectivity index (χ0v) is 17.2. The Labute approximate surface area is 158 Å². The van der Waals surface area contributed by atoms with Crippen molar-refractivity contribution in [2.45, 2.75) is 25.8 Å². The number of likely N-dealkylation sites (tertiary alicyclic amines) is 1. The molecule has 0 bridgehead atoms. The molecule has 9 heteroatoms. The zero-order chi connectivity index (χ0) is 19.3. The third-order valence-corrected chi connectivity index (χ3v) is 8.50. The molecular weight excluding hydrogens is 374 g/mol. The molecule has 3 rings (SSSR count). The van der Waals surface area contributed by atoms with Crippen LogP contribution in [0.2, 0.25) is 0 Å². The van der Waals surface area contributed by atoms with E-state index in [9.17, 15) is 18.0 Å². The third kappa shape index (κ3) is 2.95. The number of rotatable bonds is 2. The van der Waals surface area contributed by atoms with Gasteiger partial charge in [0, 0.05) is 40.3 Å². The fourth-order valence-electron chi connectivity index (χ4n) is 4.18. The molecule has 144 valence electrons. The Kier molecular flexibility index (Phi) is 4.91. The minimum absolute atomic E-state index is 0.0698. The monoisotopic (exact) mass is 399 g/mol.